The summed E-state index contributed by atoms with van der Waals surface area (Å²) >= 11 is 0. The lowest BCUT2D eigenvalue weighted by Crippen LogP contribution is -2.28. The second-order valence-electron chi connectivity index (χ2n) is 3.84. The number of rotatable bonds is 4. The van der Waals surface area contributed by atoms with Crippen LogP contribution in [0.3, 0.4) is 0 Å². The standard InChI is InChI=1S/C10H15N3O3/c1-16-8-5-12-13(9(8)10(14)15)6-7-3-2-4-11-7/h5,7,11H,2-4,6H2,1H3,(H,14,15). The summed E-state index contributed by atoms with van der Waals surface area (Å²) in [6.07, 6.45) is 3.63. The van der Waals surface area contributed by atoms with E-state index in [9.17, 15) is 4.79 Å². The molecular formula is C10H15N3O3. The highest BCUT2D eigenvalue weighted by atomic mass is 16.5. The number of aromatic carboxylic acids is 1. The predicted octanol–water partition coefficient (Wildman–Crippen LogP) is 0.342. The minimum absolute atomic E-state index is 0.121. The van der Waals surface area contributed by atoms with E-state index >= 15 is 0 Å². The van der Waals surface area contributed by atoms with Crippen LogP contribution in [0.2, 0.25) is 0 Å². The first-order valence-corrected chi connectivity index (χ1v) is 5.29. The van der Waals surface area contributed by atoms with Gasteiger partial charge in [-0.2, -0.15) is 5.10 Å². The predicted molar refractivity (Wildman–Crippen MR) is 56.8 cm³/mol. The first kappa shape index (κ1) is 10.9. The van der Waals surface area contributed by atoms with Crippen LogP contribution < -0.4 is 10.1 Å². The Morgan fingerprint density at radius 3 is 3.19 bits per heavy atom. The lowest BCUT2D eigenvalue weighted by Gasteiger charge is -2.11. The van der Waals surface area contributed by atoms with Crippen molar-refractivity contribution in [3.63, 3.8) is 0 Å². The first-order valence-electron chi connectivity index (χ1n) is 5.29. The summed E-state index contributed by atoms with van der Waals surface area (Å²) in [4.78, 5) is 11.1. The Morgan fingerprint density at radius 1 is 1.81 bits per heavy atom. The van der Waals surface area contributed by atoms with E-state index in [0.717, 1.165) is 19.4 Å². The van der Waals surface area contributed by atoms with E-state index < -0.39 is 5.97 Å². The van der Waals surface area contributed by atoms with Crippen molar-refractivity contribution in [3.8, 4) is 5.75 Å². The molecule has 0 radical (unpaired) electrons. The van der Waals surface area contributed by atoms with Crippen molar-refractivity contribution in [2.24, 2.45) is 0 Å². The van der Waals surface area contributed by atoms with E-state index in [4.69, 9.17) is 9.84 Å². The third kappa shape index (κ3) is 2.01. The van der Waals surface area contributed by atoms with E-state index in [1.807, 2.05) is 0 Å². The second-order valence-corrected chi connectivity index (χ2v) is 3.84. The van der Waals surface area contributed by atoms with Crippen LogP contribution in [0.15, 0.2) is 6.20 Å². The normalized spacial score (nSPS) is 19.9. The number of carboxylic acids is 1. The van der Waals surface area contributed by atoms with Crippen molar-refractivity contribution in [3.05, 3.63) is 11.9 Å². The van der Waals surface area contributed by atoms with Crippen LogP contribution in [0.1, 0.15) is 23.3 Å². The van der Waals surface area contributed by atoms with Crippen LogP contribution in [-0.4, -0.2) is 40.6 Å². The topological polar surface area (TPSA) is 76.4 Å². The Hall–Kier alpha value is -1.56. The summed E-state index contributed by atoms with van der Waals surface area (Å²) in [5.41, 5.74) is 0.121. The molecule has 1 saturated heterocycles. The van der Waals surface area contributed by atoms with Crippen LogP contribution in [0.4, 0.5) is 0 Å². The number of ether oxygens (including phenoxy) is 1. The van der Waals surface area contributed by atoms with Gasteiger partial charge in [-0.3, -0.25) is 4.68 Å². The van der Waals surface area contributed by atoms with Crippen molar-refractivity contribution in [1.82, 2.24) is 15.1 Å². The molecule has 2 heterocycles. The van der Waals surface area contributed by atoms with Crippen LogP contribution in [0.5, 0.6) is 5.75 Å². The molecule has 0 aromatic carbocycles. The van der Waals surface area contributed by atoms with Gasteiger partial charge in [-0.25, -0.2) is 4.79 Å². The molecule has 2 N–H and O–H groups in total. The maximum absolute atomic E-state index is 11.1. The third-order valence-corrected chi connectivity index (χ3v) is 2.78. The fraction of sp³-hybridized carbons (Fsp3) is 0.600. The second kappa shape index (κ2) is 4.52. The van der Waals surface area contributed by atoms with Gasteiger partial charge < -0.3 is 15.2 Å². The van der Waals surface area contributed by atoms with Crippen LogP contribution >= 0.6 is 0 Å². The van der Waals surface area contributed by atoms with Crippen LogP contribution in [-0.2, 0) is 6.54 Å². The maximum Gasteiger partial charge on any atom is 0.358 e. The van der Waals surface area contributed by atoms with Gasteiger partial charge in [0.25, 0.3) is 0 Å². The SMILES string of the molecule is COc1cnn(CC2CCCN2)c1C(=O)O. The molecule has 1 aliphatic heterocycles. The van der Waals surface area contributed by atoms with Crippen molar-refractivity contribution in [2.45, 2.75) is 25.4 Å². The lowest BCUT2D eigenvalue weighted by atomic mass is 10.2. The smallest absolute Gasteiger partial charge is 0.358 e. The molecule has 6 nitrogen and oxygen atoms in total. The number of aromatic nitrogens is 2. The molecule has 1 unspecified atom stereocenters. The van der Waals surface area contributed by atoms with E-state index in [2.05, 4.69) is 10.4 Å². The maximum atomic E-state index is 11.1. The van der Waals surface area contributed by atoms with Gasteiger partial charge in [0.05, 0.1) is 19.9 Å². The highest BCUT2D eigenvalue weighted by molar-refractivity contribution is 5.88. The highest BCUT2D eigenvalue weighted by Gasteiger charge is 2.22. The van der Waals surface area contributed by atoms with Gasteiger partial charge in [-0.05, 0) is 19.4 Å². The Labute approximate surface area is 93.2 Å². The number of carbonyl (C=O) groups is 1. The molecule has 1 atom stereocenters. The number of hydrogen-bond acceptors (Lipinski definition) is 4. The fourth-order valence-electron chi connectivity index (χ4n) is 1.99. The van der Waals surface area contributed by atoms with Crippen molar-refractivity contribution >= 4 is 5.97 Å². The van der Waals surface area contributed by atoms with Gasteiger partial charge in [0.2, 0.25) is 0 Å². The Kier molecular flexibility index (Phi) is 3.09. The van der Waals surface area contributed by atoms with Crippen LogP contribution in [0, 0.1) is 0 Å². The Balaban J connectivity index is 2.19. The van der Waals surface area contributed by atoms with Gasteiger partial charge in [-0.15, -0.1) is 0 Å². The van der Waals surface area contributed by atoms with Gasteiger partial charge >= 0.3 is 5.97 Å². The quantitative estimate of drug-likeness (QED) is 0.772. The molecule has 2 rings (SSSR count). The molecule has 1 aromatic rings. The molecular weight excluding hydrogens is 210 g/mol. The number of methoxy groups -OCH3 is 1. The first-order chi connectivity index (χ1) is 7.72. The average molecular weight is 225 g/mol. The van der Waals surface area contributed by atoms with Crippen molar-refractivity contribution in [1.29, 1.82) is 0 Å². The lowest BCUT2D eigenvalue weighted by molar-refractivity contribution is 0.0678. The Bertz CT molecular complexity index is 383. The highest BCUT2D eigenvalue weighted by Crippen LogP contribution is 2.18. The molecule has 0 amide bonds. The molecule has 1 aromatic heterocycles. The molecule has 0 spiro atoms. The minimum Gasteiger partial charge on any atom is -0.493 e. The Morgan fingerprint density at radius 2 is 2.62 bits per heavy atom. The molecule has 16 heavy (non-hydrogen) atoms. The zero-order chi connectivity index (χ0) is 11.5. The van der Waals surface area contributed by atoms with E-state index in [1.165, 1.54) is 18.0 Å². The minimum atomic E-state index is -1.01. The van der Waals surface area contributed by atoms with E-state index in [1.54, 1.807) is 0 Å². The third-order valence-electron chi connectivity index (χ3n) is 2.78. The summed E-state index contributed by atoms with van der Waals surface area (Å²) in [5.74, 6) is -0.696. The summed E-state index contributed by atoms with van der Waals surface area (Å²) in [7, 11) is 1.45. The molecule has 1 aliphatic rings. The number of carboxylic acid groups (broad SMARTS) is 1. The zero-order valence-corrected chi connectivity index (χ0v) is 9.14. The van der Waals surface area contributed by atoms with E-state index in [-0.39, 0.29) is 5.69 Å². The number of nitrogens with one attached hydrogen (secondary N) is 1. The van der Waals surface area contributed by atoms with Gasteiger partial charge in [0.1, 0.15) is 0 Å². The fourth-order valence-corrected chi connectivity index (χ4v) is 1.99. The molecule has 88 valence electrons. The summed E-state index contributed by atoms with van der Waals surface area (Å²) in [6.45, 7) is 1.57. The van der Waals surface area contributed by atoms with Gasteiger partial charge in [0, 0.05) is 6.04 Å². The molecule has 6 heteroatoms. The summed E-state index contributed by atoms with van der Waals surface area (Å²) in [5, 5.41) is 16.4. The van der Waals surface area contributed by atoms with Gasteiger partial charge in [-0.1, -0.05) is 0 Å². The van der Waals surface area contributed by atoms with Crippen molar-refractivity contribution < 1.29 is 14.6 Å². The molecule has 0 aliphatic carbocycles. The number of nitrogens with zero attached hydrogens (tertiary/aromatic N) is 2. The van der Waals surface area contributed by atoms with Crippen LogP contribution in [0.25, 0.3) is 0 Å². The molecule has 0 bridgehead atoms. The summed E-state index contributed by atoms with van der Waals surface area (Å²) in [6, 6.07) is 0.308. The average Bonchev–Trinajstić information content (AvgIpc) is 2.87. The molecule has 0 saturated carbocycles. The monoisotopic (exact) mass is 225 g/mol. The van der Waals surface area contributed by atoms with Gasteiger partial charge in [0.15, 0.2) is 11.4 Å². The molecule has 1 fully saturated rings. The zero-order valence-electron chi connectivity index (χ0n) is 9.14. The van der Waals surface area contributed by atoms with E-state index in [0.29, 0.717) is 18.3 Å². The van der Waals surface area contributed by atoms with Crippen molar-refractivity contribution in [2.75, 3.05) is 13.7 Å². The summed E-state index contributed by atoms with van der Waals surface area (Å²) < 4.78 is 6.46. The number of hydrogen-bond donors (Lipinski definition) is 2. The largest absolute Gasteiger partial charge is 0.493 e.